The molecule has 0 spiro atoms. The summed E-state index contributed by atoms with van der Waals surface area (Å²) < 4.78 is 1.27. The highest BCUT2D eigenvalue weighted by Crippen LogP contribution is 2.16. The van der Waals surface area contributed by atoms with E-state index < -0.39 is 0 Å². The first-order chi connectivity index (χ1) is 7.67. The first kappa shape index (κ1) is 13.5. The van der Waals surface area contributed by atoms with Gasteiger partial charge in [-0.05, 0) is 53.6 Å². The van der Waals surface area contributed by atoms with Crippen LogP contribution < -0.4 is 5.32 Å². The van der Waals surface area contributed by atoms with E-state index in [4.69, 9.17) is 6.42 Å². The Morgan fingerprint density at radius 3 is 2.50 bits per heavy atom. The number of nitrogens with one attached hydrogen (secondary N) is 1. The Morgan fingerprint density at radius 2 is 2.00 bits per heavy atom. The van der Waals surface area contributed by atoms with E-state index in [-0.39, 0.29) is 0 Å². The number of terminal acetylenes is 1. The van der Waals surface area contributed by atoms with E-state index in [1.54, 1.807) is 0 Å². The quantitative estimate of drug-likeness (QED) is 0.642. The molecule has 1 N–H and O–H groups in total. The van der Waals surface area contributed by atoms with Gasteiger partial charge in [-0.2, -0.15) is 0 Å². The molecule has 0 aromatic heterocycles. The Balaban J connectivity index is 2.60. The van der Waals surface area contributed by atoms with Gasteiger partial charge in [0.25, 0.3) is 0 Å². The molecule has 1 aromatic rings. The van der Waals surface area contributed by atoms with Crippen molar-refractivity contribution in [2.45, 2.75) is 38.8 Å². The van der Waals surface area contributed by atoms with Gasteiger partial charge in [-0.3, -0.25) is 0 Å². The zero-order valence-electron chi connectivity index (χ0n) is 9.83. The van der Waals surface area contributed by atoms with Gasteiger partial charge < -0.3 is 5.32 Å². The molecule has 0 saturated heterocycles. The lowest BCUT2D eigenvalue weighted by Gasteiger charge is -2.21. The smallest absolute Gasteiger partial charge is 0.0294 e. The largest absolute Gasteiger partial charge is 0.307 e. The van der Waals surface area contributed by atoms with Crippen molar-refractivity contribution >= 4 is 22.6 Å². The first-order valence-electron chi connectivity index (χ1n) is 5.62. The van der Waals surface area contributed by atoms with Crippen LogP contribution in [0.1, 0.15) is 38.3 Å². The zero-order chi connectivity index (χ0) is 12.0. The second-order valence-electron chi connectivity index (χ2n) is 3.95. The van der Waals surface area contributed by atoms with Crippen LogP contribution >= 0.6 is 22.6 Å². The van der Waals surface area contributed by atoms with Crippen LogP contribution in [0.5, 0.6) is 0 Å². The van der Waals surface area contributed by atoms with Gasteiger partial charge in [0, 0.05) is 22.1 Å². The van der Waals surface area contributed by atoms with Gasteiger partial charge in [0.05, 0.1) is 0 Å². The molecule has 1 aromatic carbocycles. The van der Waals surface area contributed by atoms with Crippen LogP contribution in [-0.2, 0) is 0 Å². The van der Waals surface area contributed by atoms with Crippen molar-refractivity contribution in [3.05, 3.63) is 33.4 Å². The number of hydrogen-bond donors (Lipinski definition) is 1. The maximum atomic E-state index is 5.35. The minimum atomic E-state index is 0.357. The third-order valence-corrected chi connectivity index (χ3v) is 3.43. The summed E-state index contributed by atoms with van der Waals surface area (Å²) in [6.45, 7) is 4.34. The molecule has 2 heteroatoms. The molecule has 2 atom stereocenters. The number of benzene rings is 1. The van der Waals surface area contributed by atoms with Gasteiger partial charge in [0.15, 0.2) is 0 Å². The van der Waals surface area contributed by atoms with Gasteiger partial charge in [-0.15, -0.1) is 12.3 Å². The molecule has 0 amide bonds. The summed E-state index contributed by atoms with van der Waals surface area (Å²) in [6.07, 6.45) is 7.21. The molecule has 0 saturated carbocycles. The van der Waals surface area contributed by atoms with Crippen LogP contribution in [0.3, 0.4) is 0 Å². The fourth-order valence-corrected chi connectivity index (χ4v) is 2.02. The molecule has 0 fully saturated rings. The van der Waals surface area contributed by atoms with E-state index in [9.17, 15) is 0 Å². The lowest BCUT2D eigenvalue weighted by atomic mass is 10.1. The molecule has 0 bridgehead atoms. The highest BCUT2D eigenvalue weighted by atomic mass is 127. The molecule has 2 unspecified atom stereocenters. The number of halogens is 1. The Morgan fingerprint density at radius 1 is 1.38 bits per heavy atom. The third-order valence-electron chi connectivity index (χ3n) is 2.71. The monoisotopic (exact) mass is 327 g/mol. The maximum Gasteiger partial charge on any atom is 0.0294 e. The Labute approximate surface area is 112 Å². The molecule has 1 nitrogen and oxygen atoms in total. The summed E-state index contributed by atoms with van der Waals surface area (Å²) in [6, 6.07) is 9.38. The van der Waals surface area contributed by atoms with Crippen LogP contribution in [0.25, 0.3) is 0 Å². The van der Waals surface area contributed by atoms with Crippen LogP contribution in [0.4, 0.5) is 0 Å². The topological polar surface area (TPSA) is 12.0 Å². The Hall–Kier alpha value is -0.530. The molecule has 16 heavy (non-hydrogen) atoms. The van der Waals surface area contributed by atoms with E-state index in [1.165, 1.54) is 9.13 Å². The van der Waals surface area contributed by atoms with Crippen LogP contribution in [-0.4, -0.2) is 6.04 Å². The lowest BCUT2D eigenvalue weighted by Crippen LogP contribution is -2.30. The maximum absolute atomic E-state index is 5.35. The molecule has 0 aliphatic rings. The summed E-state index contributed by atoms with van der Waals surface area (Å²) in [7, 11) is 0. The average Bonchev–Trinajstić information content (AvgIpc) is 2.29. The van der Waals surface area contributed by atoms with E-state index in [0.717, 1.165) is 12.8 Å². The molecular formula is C14H18IN. The standard InChI is InChI=1S/C14H18IN/c1-4-6-14(5-2)16-11(3)12-7-9-13(15)10-8-12/h1,7-11,14,16H,5-6H2,2-3H3. The SMILES string of the molecule is C#CCC(CC)NC(C)c1ccc(I)cc1. The van der Waals surface area contributed by atoms with Crippen molar-refractivity contribution in [3.63, 3.8) is 0 Å². The van der Waals surface area contributed by atoms with Crippen molar-refractivity contribution in [1.29, 1.82) is 0 Å². The highest BCUT2D eigenvalue weighted by Gasteiger charge is 2.10. The highest BCUT2D eigenvalue weighted by molar-refractivity contribution is 14.1. The third kappa shape index (κ3) is 4.15. The summed E-state index contributed by atoms with van der Waals surface area (Å²) in [5.41, 5.74) is 1.32. The predicted octanol–water partition coefficient (Wildman–Crippen LogP) is 3.74. The second-order valence-corrected chi connectivity index (χ2v) is 5.20. The van der Waals surface area contributed by atoms with Gasteiger partial charge in [0.2, 0.25) is 0 Å². The van der Waals surface area contributed by atoms with Gasteiger partial charge in [0.1, 0.15) is 0 Å². The fraction of sp³-hybridized carbons (Fsp3) is 0.429. The lowest BCUT2D eigenvalue weighted by molar-refractivity contribution is 0.449. The molecule has 0 heterocycles. The predicted molar refractivity (Wildman–Crippen MR) is 78.2 cm³/mol. The molecule has 0 radical (unpaired) electrons. The molecular weight excluding hydrogens is 309 g/mol. The summed E-state index contributed by atoms with van der Waals surface area (Å²) in [5, 5.41) is 3.56. The summed E-state index contributed by atoms with van der Waals surface area (Å²) in [5.74, 6) is 2.72. The van der Waals surface area contributed by atoms with Crippen molar-refractivity contribution in [3.8, 4) is 12.3 Å². The minimum absolute atomic E-state index is 0.357. The van der Waals surface area contributed by atoms with Gasteiger partial charge in [-0.25, -0.2) is 0 Å². The minimum Gasteiger partial charge on any atom is -0.307 e. The number of hydrogen-bond acceptors (Lipinski definition) is 1. The normalized spacial score (nSPS) is 14.1. The van der Waals surface area contributed by atoms with Gasteiger partial charge in [-0.1, -0.05) is 19.1 Å². The second kappa shape index (κ2) is 6.93. The van der Waals surface area contributed by atoms with E-state index >= 15 is 0 Å². The average molecular weight is 327 g/mol. The summed E-state index contributed by atoms with van der Waals surface area (Å²) in [4.78, 5) is 0. The fourth-order valence-electron chi connectivity index (χ4n) is 1.66. The van der Waals surface area contributed by atoms with E-state index in [1.807, 2.05) is 0 Å². The zero-order valence-corrected chi connectivity index (χ0v) is 12.0. The van der Waals surface area contributed by atoms with Crippen LogP contribution in [0.2, 0.25) is 0 Å². The van der Waals surface area contributed by atoms with E-state index in [2.05, 4.69) is 71.9 Å². The molecule has 1 rings (SSSR count). The summed E-state index contributed by atoms with van der Waals surface area (Å²) >= 11 is 2.32. The molecule has 0 aliphatic heterocycles. The van der Waals surface area contributed by atoms with Gasteiger partial charge >= 0.3 is 0 Å². The van der Waals surface area contributed by atoms with Crippen molar-refractivity contribution in [2.75, 3.05) is 0 Å². The van der Waals surface area contributed by atoms with Crippen molar-refractivity contribution in [2.24, 2.45) is 0 Å². The van der Waals surface area contributed by atoms with Crippen molar-refractivity contribution < 1.29 is 0 Å². The van der Waals surface area contributed by atoms with Crippen LogP contribution in [0, 0.1) is 15.9 Å². The molecule has 0 aliphatic carbocycles. The van der Waals surface area contributed by atoms with Crippen molar-refractivity contribution in [1.82, 2.24) is 5.32 Å². The number of rotatable bonds is 5. The first-order valence-corrected chi connectivity index (χ1v) is 6.70. The Bertz CT molecular complexity index is 350. The van der Waals surface area contributed by atoms with Crippen LogP contribution in [0.15, 0.2) is 24.3 Å². The Kier molecular flexibility index (Phi) is 5.86. The van der Waals surface area contributed by atoms with E-state index in [0.29, 0.717) is 12.1 Å². The molecule has 86 valence electrons.